The van der Waals surface area contributed by atoms with Crippen LogP contribution in [0.5, 0.6) is 0 Å². The van der Waals surface area contributed by atoms with Crippen LogP contribution in [0.15, 0.2) is 16.6 Å². The molecule has 0 bridgehead atoms. The van der Waals surface area contributed by atoms with Crippen molar-refractivity contribution in [1.82, 2.24) is 5.32 Å². The fraction of sp³-hybridized carbons (Fsp3) is 0.500. The number of rotatable bonds is 1. The average molecular weight is 289 g/mol. The predicted molar refractivity (Wildman–Crippen MR) is 68.5 cm³/mol. The number of piperidine rings is 1. The van der Waals surface area contributed by atoms with E-state index < -0.39 is 0 Å². The summed E-state index contributed by atoms with van der Waals surface area (Å²) >= 11 is 9.54. The Bertz CT molecular complexity index is 359. The minimum Gasteiger partial charge on any atom is -0.310 e. The monoisotopic (exact) mass is 287 g/mol. The van der Waals surface area contributed by atoms with Gasteiger partial charge in [0.05, 0.1) is 5.02 Å². The van der Waals surface area contributed by atoms with Crippen molar-refractivity contribution >= 4 is 27.5 Å². The summed E-state index contributed by atoms with van der Waals surface area (Å²) in [4.78, 5) is 0. The molecule has 1 heterocycles. The lowest BCUT2D eigenvalue weighted by atomic mass is 9.94. The van der Waals surface area contributed by atoms with E-state index in [9.17, 15) is 0 Å². The maximum Gasteiger partial charge on any atom is 0.0550 e. The number of benzene rings is 1. The molecule has 0 aromatic heterocycles. The molecule has 3 heteroatoms. The minimum atomic E-state index is 0.507. The van der Waals surface area contributed by atoms with E-state index in [-0.39, 0.29) is 0 Å². The fourth-order valence-corrected chi connectivity index (χ4v) is 2.73. The number of aryl methyl sites for hydroxylation is 1. The molecule has 1 aromatic carbocycles. The number of hydrogen-bond donors (Lipinski definition) is 1. The molecule has 1 unspecified atom stereocenters. The van der Waals surface area contributed by atoms with Gasteiger partial charge in [-0.2, -0.15) is 0 Å². The van der Waals surface area contributed by atoms with Crippen LogP contribution in [0.25, 0.3) is 0 Å². The van der Waals surface area contributed by atoms with Crippen molar-refractivity contribution in [3.05, 3.63) is 32.8 Å². The minimum absolute atomic E-state index is 0.507. The highest BCUT2D eigenvalue weighted by molar-refractivity contribution is 9.10. The molecule has 0 aliphatic carbocycles. The van der Waals surface area contributed by atoms with Crippen LogP contribution < -0.4 is 5.32 Å². The highest BCUT2D eigenvalue weighted by Gasteiger charge is 2.17. The van der Waals surface area contributed by atoms with Gasteiger partial charge in [0.25, 0.3) is 0 Å². The third-order valence-electron chi connectivity index (χ3n) is 2.99. The maximum absolute atomic E-state index is 6.06. The summed E-state index contributed by atoms with van der Waals surface area (Å²) in [6.07, 6.45) is 3.84. The zero-order valence-corrected chi connectivity index (χ0v) is 11.2. The number of halogens is 2. The first kappa shape index (κ1) is 11.4. The van der Waals surface area contributed by atoms with E-state index in [0.717, 1.165) is 16.0 Å². The molecule has 82 valence electrons. The smallest absolute Gasteiger partial charge is 0.0550 e. The lowest BCUT2D eigenvalue weighted by Gasteiger charge is -2.25. The van der Waals surface area contributed by atoms with Gasteiger partial charge in [-0.05, 0) is 65.5 Å². The first-order valence-corrected chi connectivity index (χ1v) is 6.54. The second-order valence-electron chi connectivity index (χ2n) is 4.13. The zero-order chi connectivity index (χ0) is 10.8. The van der Waals surface area contributed by atoms with Gasteiger partial charge in [-0.1, -0.05) is 18.0 Å². The summed E-state index contributed by atoms with van der Waals surface area (Å²) in [5, 5.41) is 4.36. The van der Waals surface area contributed by atoms with Crippen molar-refractivity contribution in [3.8, 4) is 0 Å². The lowest BCUT2D eigenvalue weighted by molar-refractivity contribution is 0.411. The largest absolute Gasteiger partial charge is 0.310 e. The molecule has 1 aromatic rings. The van der Waals surface area contributed by atoms with Crippen LogP contribution in [0.2, 0.25) is 5.02 Å². The topological polar surface area (TPSA) is 12.0 Å². The molecule has 0 amide bonds. The summed E-state index contributed by atoms with van der Waals surface area (Å²) in [5.74, 6) is 0. The molecule has 0 saturated carbocycles. The van der Waals surface area contributed by atoms with E-state index >= 15 is 0 Å². The Kier molecular flexibility index (Phi) is 3.70. The fourth-order valence-electron chi connectivity index (χ4n) is 2.15. The van der Waals surface area contributed by atoms with Crippen molar-refractivity contribution in [1.29, 1.82) is 0 Å². The maximum atomic E-state index is 6.06. The number of hydrogen-bond acceptors (Lipinski definition) is 1. The Hall–Kier alpha value is -0.0500. The van der Waals surface area contributed by atoms with Crippen LogP contribution >= 0.6 is 27.5 Å². The van der Waals surface area contributed by atoms with Crippen molar-refractivity contribution in [2.75, 3.05) is 6.54 Å². The van der Waals surface area contributed by atoms with Gasteiger partial charge in [-0.25, -0.2) is 0 Å². The zero-order valence-electron chi connectivity index (χ0n) is 8.82. The van der Waals surface area contributed by atoms with Gasteiger partial charge in [-0.3, -0.25) is 0 Å². The molecule has 1 nitrogen and oxygen atoms in total. The summed E-state index contributed by atoms with van der Waals surface area (Å²) in [6.45, 7) is 3.26. The SMILES string of the molecule is Cc1cc(Cl)c(Br)cc1C1CCCCN1. The van der Waals surface area contributed by atoms with Crippen molar-refractivity contribution in [2.45, 2.75) is 32.2 Å². The normalized spacial score (nSPS) is 21.7. The summed E-state index contributed by atoms with van der Waals surface area (Å²) in [5.41, 5.74) is 2.66. The number of nitrogens with one attached hydrogen (secondary N) is 1. The highest BCUT2D eigenvalue weighted by Crippen LogP contribution is 2.32. The molecule has 0 spiro atoms. The third-order valence-corrected chi connectivity index (χ3v) is 4.19. The molecular formula is C12H15BrClN. The second kappa shape index (κ2) is 4.86. The van der Waals surface area contributed by atoms with Gasteiger partial charge >= 0.3 is 0 Å². The van der Waals surface area contributed by atoms with Gasteiger partial charge in [0.15, 0.2) is 0 Å². The first-order chi connectivity index (χ1) is 7.18. The van der Waals surface area contributed by atoms with E-state index in [0.29, 0.717) is 6.04 Å². The lowest BCUT2D eigenvalue weighted by Crippen LogP contribution is -2.27. The van der Waals surface area contributed by atoms with Gasteiger partial charge in [-0.15, -0.1) is 0 Å². The van der Waals surface area contributed by atoms with Crippen molar-refractivity contribution in [2.24, 2.45) is 0 Å². The van der Waals surface area contributed by atoms with Gasteiger partial charge < -0.3 is 5.32 Å². The molecule has 1 aliphatic rings. The Labute approximate surface area is 104 Å². The highest BCUT2D eigenvalue weighted by atomic mass is 79.9. The van der Waals surface area contributed by atoms with E-state index in [4.69, 9.17) is 11.6 Å². The van der Waals surface area contributed by atoms with Crippen LogP contribution in [0.3, 0.4) is 0 Å². The molecule has 1 saturated heterocycles. The van der Waals surface area contributed by atoms with Crippen LogP contribution in [0.4, 0.5) is 0 Å². The predicted octanol–water partition coefficient (Wildman–Crippen LogP) is 4.23. The molecule has 15 heavy (non-hydrogen) atoms. The molecular weight excluding hydrogens is 273 g/mol. The Balaban J connectivity index is 2.30. The Morgan fingerprint density at radius 1 is 1.40 bits per heavy atom. The Morgan fingerprint density at radius 2 is 2.20 bits per heavy atom. The molecule has 1 atom stereocenters. The van der Waals surface area contributed by atoms with Crippen molar-refractivity contribution < 1.29 is 0 Å². The van der Waals surface area contributed by atoms with Gasteiger partial charge in [0.2, 0.25) is 0 Å². The van der Waals surface area contributed by atoms with Gasteiger partial charge in [0, 0.05) is 10.5 Å². The molecule has 0 radical (unpaired) electrons. The average Bonchev–Trinajstić information content (AvgIpc) is 2.25. The van der Waals surface area contributed by atoms with Gasteiger partial charge in [0.1, 0.15) is 0 Å². The van der Waals surface area contributed by atoms with E-state index in [1.807, 2.05) is 6.07 Å². The van der Waals surface area contributed by atoms with E-state index in [1.165, 1.54) is 30.4 Å². The summed E-state index contributed by atoms with van der Waals surface area (Å²) in [6, 6.07) is 4.70. The molecule has 1 N–H and O–H groups in total. The molecule has 1 fully saturated rings. The summed E-state index contributed by atoms with van der Waals surface area (Å²) in [7, 11) is 0. The first-order valence-electron chi connectivity index (χ1n) is 5.37. The van der Waals surface area contributed by atoms with Crippen LogP contribution in [0.1, 0.15) is 36.4 Å². The second-order valence-corrected chi connectivity index (χ2v) is 5.39. The quantitative estimate of drug-likeness (QED) is 0.815. The van der Waals surface area contributed by atoms with Crippen LogP contribution in [-0.2, 0) is 0 Å². The van der Waals surface area contributed by atoms with E-state index in [1.54, 1.807) is 0 Å². The standard InChI is InChI=1S/C12H15BrClN/c1-8-6-11(14)10(13)7-9(8)12-4-2-3-5-15-12/h6-7,12,15H,2-5H2,1H3. The Morgan fingerprint density at radius 3 is 2.87 bits per heavy atom. The molecule has 1 aliphatic heterocycles. The van der Waals surface area contributed by atoms with Crippen LogP contribution in [0, 0.1) is 6.92 Å². The van der Waals surface area contributed by atoms with E-state index in [2.05, 4.69) is 34.2 Å². The third kappa shape index (κ3) is 2.55. The van der Waals surface area contributed by atoms with Crippen LogP contribution in [-0.4, -0.2) is 6.54 Å². The van der Waals surface area contributed by atoms with Crippen molar-refractivity contribution in [3.63, 3.8) is 0 Å². The molecule has 2 rings (SSSR count). The summed E-state index contributed by atoms with van der Waals surface area (Å²) < 4.78 is 0.997.